The molecule has 3 heteroatoms. The molecule has 3 nitrogen and oxygen atoms in total. The molecule has 3 unspecified atom stereocenters. The van der Waals surface area contributed by atoms with Crippen molar-refractivity contribution >= 4 is 5.78 Å². The van der Waals surface area contributed by atoms with Crippen LogP contribution in [0.1, 0.15) is 72.6 Å². The minimum absolute atomic E-state index is 0.0899. The Morgan fingerprint density at radius 1 is 1.43 bits per heavy atom. The van der Waals surface area contributed by atoms with Gasteiger partial charge in [0, 0.05) is 18.9 Å². The molecule has 122 valence electrons. The Hall–Kier alpha value is -0.670. The van der Waals surface area contributed by atoms with E-state index >= 15 is 0 Å². The molecular formula is C18H32O3. The summed E-state index contributed by atoms with van der Waals surface area (Å²) in [5, 5.41) is 10.2. The summed E-state index contributed by atoms with van der Waals surface area (Å²) in [7, 11) is 0. The van der Waals surface area contributed by atoms with E-state index in [0.717, 1.165) is 45.1 Å². The van der Waals surface area contributed by atoms with E-state index in [1.54, 1.807) is 0 Å². The van der Waals surface area contributed by atoms with Gasteiger partial charge in [0.15, 0.2) is 0 Å². The predicted octanol–water partition coefficient (Wildman–Crippen LogP) is 4.04. The van der Waals surface area contributed by atoms with Gasteiger partial charge in [-0.3, -0.25) is 4.79 Å². The monoisotopic (exact) mass is 296 g/mol. The largest absolute Gasteiger partial charge is 0.390 e. The predicted molar refractivity (Wildman–Crippen MR) is 86.3 cm³/mol. The first-order valence-electron chi connectivity index (χ1n) is 8.33. The van der Waals surface area contributed by atoms with E-state index in [1.165, 1.54) is 5.57 Å². The number of Topliss-reactive ketones (excluding diaryl/α,β-unsaturated/α-hetero) is 1. The average Bonchev–Trinajstić information content (AvgIpc) is 2.59. The molecule has 0 aromatic carbocycles. The quantitative estimate of drug-likeness (QED) is 0.721. The fraction of sp³-hybridized carbons (Fsp3) is 0.833. The standard InChI is InChI=1S/C18H32O3/c1-14(2)10-11-16(19)15(3)8-7-12-18(4)17(20)9-5-6-13-21-18/h10,15,17,20H,5-9,11-13H2,1-4H3. The van der Waals surface area contributed by atoms with Crippen LogP contribution in [-0.2, 0) is 9.53 Å². The Morgan fingerprint density at radius 2 is 2.14 bits per heavy atom. The van der Waals surface area contributed by atoms with Crippen molar-refractivity contribution in [2.24, 2.45) is 5.92 Å². The van der Waals surface area contributed by atoms with Crippen LogP contribution in [0.25, 0.3) is 0 Å². The van der Waals surface area contributed by atoms with Crippen LogP contribution >= 0.6 is 0 Å². The maximum Gasteiger partial charge on any atom is 0.139 e. The van der Waals surface area contributed by atoms with Crippen LogP contribution in [0.15, 0.2) is 11.6 Å². The highest BCUT2D eigenvalue weighted by atomic mass is 16.5. The second-order valence-corrected chi connectivity index (χ2v) is 6.92. The Morgan fingerprint density at radius 3 is 2.81 bits per heavy atom. The van der Waals surface area contributed by atoms with Crippen LogP contribution in [0, 0.1) is 5.92 Å². The second kappa shape index (κ2) is 8.70. The molecule has 0 bridgehead atoms. The van der Waals surface area contributed by atoms with Gasteiger partial charge >= 0.3 is 0 Å². The van der Waals surface area contributed by atoms with Crippen LogP contribution in [0.4, 0.5) is 0 Å². The van der Waals surface area contributed by atoms with Gasteiger partial charge in [0.25, 0.3) is 0 Å². The van der Waals surface area contributed by atoms with Crippen molar-refractivity contribution < 1.29 is 14.6 Å². The van der Waals surface area contributed by atoms with Crippen molar-refractivity contribution in [1.29, 1.82) is 0 Å². The van der Waals surface area contributed by atoms with Crippen molar-refractivity contribution in [3.63, 3.8) is 0 Å². The third-order valence-corrected chi connectivity index (χ3v) is 4.58. The maximum atomic E-state index is 12.0. The van der Waals surface area contributed by atoms with Gasteiger partial charge in [-0.25, -0.2) is 0 Å². The lowest BCUT2D eigenvalue weighted by atomic mass is 9.87. The molecule has 1 rings (SSSR count). The maximum absolute atomic E-state index is 12.0. The fourth-order valence-electron chi connectivity index (χ4n) is 2.81. The summed E-state index contributed by atoms with van der Waals surface area (Å²) in [6.45, 7) is 8.79. The van der Waals surface area contributed by atoms with Crippen LogP contribution in [0.2, 0.25) is 0 Å². The minimum Gasteiger partial charge on any atom is -0.390 e. The van der Waals surface area contributed by atoms with Crippen molar-refractivity contribution in [3.05, 3.63) is 11.6 Å². The number of allylic oxidation sites excluding steroid dienone is 2. The number of hydrogen-bond donors (Lipinski definition) is 1. The molecule has 1 aliphatic rings. The summed E-state index contributed by atoms with van der Waals surface area (Å²) in [5.41, 5.74) is 0.761. The number of rotatable bonds is 7. The van der Waals surface area contributed by atoms with Gasteiger partial charge in [-0.05, 0) is 59.3 Å². The second-order valence-electron chi connectivity index (χ2n) is 6.92. The molecule has 0 spiro atoms. The number of hydrogen-bond acceptors (Lipinski definition) is 3. The molecule has 3 atom stereocenters. The third kappa shape index (κ3) is 6.31. The van der Waals surface area contributed by atoms with E-state index in [-0.39, 0.29) is 12.0 Å². The summed E-state index contributed by atoms with van der Waals surface area (Å²) in [6, 6.07) is 0. The lowest BCUT2D eigenvalue weighted by molar-refractivity contribution is -0.122. The molecule has 1 fully saturated rings. The van der Waals surface area contributed by atoms with Gasteiger partial charge in [0.05, 0.1) is 11.7 Å². The fourth-order valence-corrected chi connectivity index (χ4v) is 2.81. The number of carbonyl (C=O) groups excluding carboxylic acids is 1. The Labute approximate surface area is 129 Å². The highest BCUT2D eigenvalue weighted by Gasteiger charge is 2.34. The molecular weight excluding hydrogens is 264 g/mol. The van der Waals surface area contributed by atoms with Crippen LogP contribution in [-0.4, -0.2) is 29.2 Å². The van der Waals surface area contributed by atoms with Crippen molar-refractivity contribution in [2.75, 3.05) is 6.61 Å². The van der Waals surface area contributed by atoms with Gasteiger partial charge in [0.1, 0.15) is 5.78 Å². The van der Waals surface area contributed by atoms with Crippen LogP contribution in [0.5, 0.6) is 0 Å². The van der Waals surface area contributed by atoms with E-state index in [4.69, 9.17) is 4.74 Å². The molecule has 0 aliphatic carbocycles. The summed E-state index contributed by atoms with van der Waals surface area (Å²) >= 11 is 0. The third-order valence-electron chi connectivity index (χ3n) is 4.58. The summed E-state index contributed by atoms with van der Waals surface area (Å²) in [4.78, 5) is 12.0. The van der Waals surface area contributed by atoms with E-state index in [0.29, 0.717) is 12.2 Å². The van der Waals surface area contributed by atoms with Gasteiger partial charge in [0.2, 0.25) is 0 Å². The molecule has 0 aromatic heterocycles. The van der Waals surface area contributed by atoms with Crippen molar-refractivity contribution in [1.82, 2.24) is 0 Å². The zero-order chi connectivity index (χ0) is 15.9. The number of aliphatic hydroxyl groups excluding tert-OH is 1. The smallest absolute Gasteiger partial charge is 0.139 e. The minimum atomic E-state index is -0.431. The van der Waals surface area contributed by atoms with Gasteiger partial charge in [-0.1, -0.05) is 18.6 Å². The van der Waals surface area contributed by atoms with E-state index in [2.05, 4.69) is 0 Å². The SMILES string of the molecule is CC(C)=CCC(=O)C(C)CCCC1(C)OCCCCC1O. The molecule has 0 saturated carbocycles. The summed E-state index contributed by atoms with van der Waals surface area (Å²) in [5.74, 6) is 0.399. The van der Waals surface area contributed by atoms with Gasteiger partial charge in [-0.15, -0.1) is 0 Å². The average molecular weight is 296 g/mol. The molecule has 1 N–H and O–H groups in total. The number of ether oxygens (including phenoxy) is 1. The topological polar surface area (TPSA) is 46.5 Å². The zero-order valence-electron chi connectivity index (χ0n) is 14.2. The van der Waals surface area contributed by atoms with Crippen LogP contribution < -0.4 is 0 Å². The molecule has 1 saturated heterocycles. The molecule has 0 radical (unpaired) electrons. The van der Waals surface area contributed by atoms with E-state index in [9.17, 15) is 9.90 Å². The van der Waals surface area contributed by atoms with Gasteiger partial charge in [-0.2, -0.15) is 0 Å². The first kappa shape index (κ1) is 18.4. The lowest BCUT2D eigenvalue weighted by Gasteiger charge is -2.33. The number of aliphatic hydroxyl groups is 1. The Kier molecular flexibility index (Phi) is 7.61. The zero-order valence-corrected chi connectivity index (χ0v) is 14.2. The summed E-state index contributed by atoms with van der Waals surface area (Å²) in [6.07, 6.45) is 7.68. The van der Waals surface area contributed by atoms with E-state index in [1.807, 2.05) is 33.8 Å². The Balaban J connectivity index is 2.37. The molecule has 1 aliphatic heterocycles. The lowest BCUT2D eigenvalue weighted by Crippen LogP contribution is -2.41. The normalized spacial score (nSPS) is 27.8. The molecule has 0 amide bonds. The van der Waals surface area contributed by atoms with Crippen molar-refractivity contribution in [3.8, 4) is 0 Å². The molecule has 0 aromatic rings. The summed E-state index contributed by atoms with van der Waals surface area (Å²) < 4.78 is 5.88. The first-order chi connectivity index (χ1) is 9.85. The number of carbonyl (C=O) groups is 1. The van der Waals surface area contributed by atoms with E-state index < -0.39 is 5.60 Å². The molecule has 21 heavy (non-hydrogen) atoms. The molecule has 1 heterocycles. The van der Waals surface area contributed by atoms with Crippen molar-refractivity contribution in [2.45, 2.75) is 84.3 Å². The van der Waals surface area contributed by atoms with Gasteiger partial charge < -0.3 is 9.84 Å². The van der Waals surface area contributed by atoms with Crippen LogP contribution in [0.3, 0.4) is 0 Å². The highest BCUT2D eigenvalue weighted by molar-refractivity contribution is 5.82. The number of ketones is 1. The highest BCUT2D eigenvalue weighted by Crippen LogP contribution is 2.30. The first-order valence-corrected chi connectivity index (χ1v) is 8.33. The Bertz CT molecular complexity index is 357.